The SMILES string of the molecule is CC(C)(C)OC(=O)N1CCC[C@H]1CC(=O)c1ccc([N+](=O)[O-])cc1. The van der Waals surface area contributed by atoms with Crippen LogP contribution >= 0.6 is 0 Å². The molecule has 7 nitrogen and oxygen atoms in total. The number of benzene rings is 1. The van der Waals surface area contributed by atoms with E-state index in [1.165, 1.54) is 24.3 Å². The topological polar surface area (TPSA) is 89.8 Å². The average molecular weight is 334 g/mol. The molecule has 7 heteroatoms. The standard InChI is InChI=1S/C17H22N2O5/c1-17(2,3)24-16(21)18-10-4-5-14(18)11-15(20)12-6-8-13(9-7-12)19(22)23/h6-9,14H,4-5,10-11H2,1-3H3/t14-/m0/s1. The highest BCUT2D eigenvalue weighted by atomic mass is 16.6. The Morgan fingerprint density at radius 1 is 1.29 bits per heavy atom. The molecule has 24 heavy (non-hydrogen) atoms. The summed E-state index contributed by atoms with van der Waals surface area (Å²) in [6.45, 7) is 5.99. The number of ketones is 1. The summed E-state index contributed by atoms with van der Waals surface area (Å²) in [5.74, 6) is -0.134. The highest BCUT2D eigenvalue weighted by Crippen LogP contribution is 2.24. The Balaban J connectivity index is 2.02. The van der Waals surface area contributed by atoms with Crippen molar-refractivity contribution in [3.05, 3.63) is 39.9 Å². The minimum atomic E-state index is -0.577. The first-order valence-corrected chi connectivity index (χ1v) is 7.94. The molecule has 130 valence electrons. The van der Waals surface area contributed by atoms with E-state index in [1.807, 2.05) is 0 Å². The van der Waals surface area contributed by atoms with Gasteiger partial charge in [0.2, 0.25) is 0 Å². The van der Waals surface area contributed by atoms with E-state index in [2.05, 4.69) is 0 Å². The second kappa shape index (κ2) is 6.98. The quantitative estimate of drug-likeness (QED) is 0.477. The molecule has 1 aromatic rings. The summed E-state index contributed by atoms with van der Waals surface area (Å²) < 4.78 is 5.38. The van der Waals surface area contributed by atoms with Crippen molar-refractivity contribution in [3.63, 3.8) is 0 Å². The number of carbonyl (C=O) groups is 2. The van der Waals surface area contributed by atoms with E-state index >= 15 is 0 Å². The lowest BCUT2D eigenvalue weighted by Gasteiger charge is -2.28. The van der Waals surface area contributed by atoms with Gasteiger partial charge in [0, 0.05) is 36.7 Å². The average Bonchev–Trinajstić information content (AvgIpc) is 2.93. The zero-order valence-electron chi connectivity index (χ0n) is 14.2. The molecule has 1 atom stereocenters. The van der Waals surface area contributed by atoms with E-state index in [0.29, 0.717) is 12.1 Å². The van der Waals surface area contributed by atoms with Gasteiger partial charge in [-0.25, -0.2) is 4.79 Å². The maximum absolute atomic E-state index is 12.4. The first kappa shape index (κ1) is 17.9. The number of non-ortho nitro benzene ring substituents is 1. The molecule has 2 rings (SSSR count). The minimum Gasteiger partial charge on any atom is -0.444 e. The van der Waals surface area contributed by atoms with E-state index < -0.39 is 16.6 Å². The van der Waals surface area contributed by atoms with Crippen molar-refractivity contribution in [3.8, 4) is 0 Å². The molecule has 1 heterocycles. The first-order chi connectivity index (χ1) is 11.2. The van der Waals surface area contributed by atoms with E-state index in [1.54, 1.807) is 25.7 Å². The summed E-state index contributed by atoms with van der Waals surface area (Å²) in [6.07, 6.45) is 1.37. The van der Waals surface area contributed by atoms with E-state index in [-0.39, 0.29) is 23.9 Å². The Kier molecular flexibility index (Phi) is 5.21. The van der Waals surface area contributed by atoms with Crippen LogP contribution in [0.4, 0.5) is 10.5 Å². The monoisotopic (exact) mass is 334 g/mol. The Morgan fingerprint density at radius 2 is 1.92 bits per heavy atom. The van der Waals surface area contributed by atoms with Gasteiger partial charge in [-0.15, -0.1) is 0 Å². The third kappa shape index (κ3) is 4.53. The summed E-state index contributed by atoms with van der Waals surface area (Å²) in [4.78, 5) is 36.4. The Bertz CT molecular complexity index is 633. The van der Waals surface area contributed by atoms with Crippen molar-refractivity contribution in [2.24, 2.45) is 0 Å². The van der Waals surface area contributed by atoms with Gasteiger partial charge in [-0.1, -0.05) is 0 Å². The van der Waals surface area contributed by atoms with Crippen LogP contribution in [-0.2, 0) is 4.74 Å². The molecule has 1 amide bonds. The van der Waals surface area contributed by atoms with Gasteiger partial charge in [0.15, 0.2) is 5.78 Å². The second-order valence-corrected chi connectivity index (χ2v) is 6.90. The van der Waals surface area contributed by atoms with Crippen LogP contribution in [0.25, 0.3) is 0 Å². The van der Waals surface area contributed by atoms with Crippen molar-refractivity contribution < 1.29 is 19.2 Å². The number of nitro benzene ring substituents is 1. The predicted molar refractivity (Wildman–Crippen MR) is 88.0 cm³/mol. The summed E-state index contributed by atoms with van der Waals surface area (Å²) in [6, 6.07) is 5.34. The fourth-order valence-corrected chi connectivity index (χ4v) is 2.71. The number of ether oxygens (including phenoxy) is 1. The molecule has 0 saturated carbocycles. The second-order valence-electron chi connectivity index (χ2n) is 6.90. The third-order valence-electron chi connectivity index (χ3n) is 3.83. The number of nitrogens with zero attached hydrogens (tertiary/aromatic N) is 2. The third-order valence-corrected chi connectivity index (χ3v) is 3.83. The number of hydrogen-bond donors (Lipinski definition) is 0. The van der Waals surface area contributed by atoms with Crippen molar-refractivity contribution in [1.82, 2.24) is 4.90 Å². The molecular formula is C17H22N2O5. The van der Waals surface area contributed by atoms with Crippen molar-refractivity contribution >= 4 is 17.6 Å². The van der Waals surface area contributed by atoms with E-state index in [4.69, 9.17) is 4.74 Å². The maximum Gasteiger partial charge on any atom is 0.410 e. The fraction of sp³-hybridized carbons (Fsp3) is 0.529. The number of hydrogen-bond acceptors (Lipinski definition) is 5. The lowest BCUT2D eigenvalue weighted by atomic mass is 10.0. The van der Waals surface area contributed by atoms with Crippen LogP contribution in [0.1, 0.15) is 50.4 Å². The van der Waals surface area contributed by atoms with Crippen molar-refractivity contribution in [2.45, 2.75) is 51.7 Å². The molecule has 0 aliphatic carbocycles. The zero-order valence-corrected chi connectivity index (χ0v) is 14.2. The number of amides is 1. The van der Waals surface area contributed by atoms with E-state index in [0.717, 1.165) is 12.8 Å². The molecule has 1 saturated heterocycles. The van der Waals surface area contributed by atoms with Gasteiger partial charge in [0.25, 0.3) is 5.69 Å². The lowest BCUT2D eigenvalue weighted by Crippen LogP contribution is -2.40. The van der Waals surface area contributed by atoms with Crippen molar-refractivity contribution in [2.75, 3.05) is 6.54 Å². The molecule has 0 N–H and O–H groups in total. The van der Waals surface area contributed by atoms with Crippen molar-refractivity contribution in [1.29, 1.82) is 0 Å². The van der Waals surface area contributed by atoms with Crippen LogP contribution in [0.5, 0.6) is 0 Å². The Morgan fingerprint density at radius 3 is 2.46 bits per heavy atom. The molecule has 1 aliphatic rings. The van der Waals surface area contributed by atoms with Gasteiger partial charge in [0.1, 0.15) is 5.60 Å². The summed E-state index contributed by atoms with van der Waals surface area (Å²) >= 11 is 0. The molecule has 0 bridgehead atoms. The van der Waals surface area contributed by atoms with Crippen LogP contribution in [0.15, 0.2) is 24.3 Å². The van der Waals surface area contributed by atoms with Crippen LogP contribution < -0.4 is 0 Å². The van der Waals surface area contributed by atoms with Gasteiger partial charge in [0.05, 0.1) is 4.92 Å². The highest BCUT2D eigenvalue weighted by Gasteiger charge is 2.33. The molecular weight excluding hydrogens is 312 g/mol. The Hall–Kier alpha value is -2.44. The smallest absolute Gasteiger partial charge is 0.410 e. The van der Waals surface area contributed by atoms with Gasteiger partial charge in [-0.05, 0) is 45.7 Å². The zero-order chi connectivity index (χ0) is 17.9. The number of nitro groups is 1. The molecule has 1 fully saturated rings. The van der Waals surface area contributed by atoms with E-state index in [9.17, 15) is 19.7 Å². The van der Waals surface area contributed by atoms with Gasteiger partial charge in [-0.2, -0.15) is 0 Å². The normalized spacial score (nSPS) is 17.6. The van der Waals surface area contributed by atoms with Gasteiger partial charge >= 0.3 is 6.09 Å². The molecule has 1 aliphatic heterocycles. The van der Waals surface area contributed by atoms with Crippen LogP contribution in [-0.4, -0.2) is 39.9 Å². The van der Waals surface area contributed by atoms with Crippen LogP contribution in [0.3, 0.4) is 0 Å². The summed E-state index contributed by atoms with van der Waals surface area (Å²) in [5, 5.41) is 10.7. The molecule has 0 spiro atoms. The summed E-state index contributed by atoms with van der Waals surface area (Å²) in [5.41, 5.74) is -0.216. The number of Topliss-reactive ketones (excluding diaryl/α,β-unsaturated/α-hetero) is 1. The van der Waals surface area contributed by atoms with Gasteiger partial charge in [-0.3, -0.25) is 14.9 Å². The predicted octanol–water partition coefficient (Wildman–Crippen LogP) is 3.57. The number of likely N-dealkylation sites (tertiary alicyclic amines) is 1. The maximum atomic E-state index is 12.4. The highest BCUT2D eigenvalue weighted by molar-refractivity contribution is 5.96. The molecule has 1 aromatic carbocycles. The minimum absolute atomic E-state index is 0.0530. The Labute approximate surface area is 140 Å². The molecule has 0 aromatic heterocycles. The molecule has 0 unspecified atom stereocenters. The first-order valence-electron chi connectivity index (χ1n) is 7.94. The summed E-state index contributed by atoms with van der Waals surface area (Å²) in [7, 11) is 0. The number of rotatable bonds is 4. The lowest BCUT2D eigenvalue weighted by molar-refractivity contribution is -0.384. The fourth-order valence-electron chi connectivity index (χ4n) is 2.71. The number of carbonyl (C=O) groups excluding carboxylic acids is 2. The van der Waals surface area contributed by atoms with Gasteiger partial charge < -0.3 is 9.64 Å². The molecule has 0 radical (unpaired) electrons. The van der Waals surface area contributed by atoms with Crippen LogP contribution in [0.2, 0.25) is 0 Å². The van der Waals surface area contributed by atoms with Crippen LogP contribution in [0, 0.1) is 10.1 Å². The largest absolute Gasteiger partial charge is 0.444 e.